The van der Waals surface area contributed by atoms with Gasteiger partial charge in [-0.1, -0.05) is 18.2 Å². The molecule has 0 radical (unpaired) electrons. The summed E-state index contributed by atoms with van der Waals surface area (Å²) >= 11 is 0. The Balaban J connectivity index is 1.54. The van der Waals surface area contributed by atoms with E-state index in [0.717, 1.165) is 43.7 Å². The molecule has 0 spiro atoms. The van der Waals surface area contributed by atoms with Crippen molar-refractivity contribution in [3.63, 3.8) is 0 Å². The molecule has 178 valence electrons. The van der Waals surface area contributed by atoms with Gasteiger partial charge in [0.2, 0.25) is 11.6 Å². The molecule has 33 heavy (non-hydrogen) atoms. The molecule has 1 aliphatic carbocycles. The smallest absolute Gasteiger partial charge is 0.343 e. The first kappa shape index (κ1) is 24.8. The normalized spacial score (nSPS) is 18.8. The van der Waals surface area contributed by atoms with Crippen molar-refractivity contribution in [3.8, 4) is 11.5 Å². The summed E-state index contributed by atoms with van der Waals surface area (Å²) in [5.41, 5.74) is 1.34. The first-order chi connectivity index (χ1) is 15.9. The zero-order valence-corrected chi connectivity index (χ0v) is 18.6. The lowest BCUT2D eigenvalue weighted by Gasteiger charge is -2.28. The molecular formula is C26H28F4O3. The number of alkyl halides is 1. The molecule has 1 fully saturated rings. The monoisotopic (exact) mass is 464 g/mol. The van der Waals surface area contributed by atoms with Gasteiger partial charge in [0.1, 0.15) is 12.5 Å². The molecule has 0 unspecified atom stereocenters. The number of ether oxygens (including phenoxy) is 2. The van der Waals surface area contributed by atoms with Gasteiger partial charge in [-0.05, 0) is 87.1 Å². The topological polar surface area (TPSA) is 35.5 Å². The molecule has 0 amide bonds. The largest absolute Gasteiger partial charge is 0.491 e. The molecule has 0 saturated heterocycles. The van der Waals surface area contributed by atoms with E-state index in [0.29, 0.717) is 18.3 Å². The Morgan fingerprint density at radius 2 is 1.64 bits per heavy atom. The van der Waals surface area contributed by atoms with E-state index >= 15 is 0 Å². The van der Waals surface area contributed by atoms with E-state index < -0.39 is 35.9 Å². The molecule has 2 aromatic carbocycles. The summed E-state index contributed by atoms with van der Waals surface area (Å²) < 4.78 is 63.2. The van der Waals surface area contributed by atoms with Crippen LogP contribution in [0, 0.1) is 17.6 Å². The predicted molar refractivity (Wildman–Crippen MR) is 118 cm³/mol. The Hall–Kier alpha value is -2.83. The van der Waals surface area contributed by atoms with E-state index in [1.807, 2.05) is 12.1 Å². The molecular weight excluding hydrogens is 436 g/mol. The standard InChI is InChI=1S/C26H28F4O3/c1-2-32-22-14-15-23(25(30)24(22)29)33-26(31)20-12-10-19(11-13-20)18-8-6-17(7-9-18)4-3-5-21(28)16-27/h5,10-15,17-18H,2-4,6-9,16H2,1H3/b21-5-. The minimum Gasteiger partial charge on any atom is -0.491 e. The minimum atomic E-state index is -1.27. The number of benzene rings is 2. The van der Waals surface area contributed by atoms with E-state index in [2.05, 4.69) is 0 Å². The molecule has 0 N–H and O–H groups in total. The highest BCUT2D eigenvalue weighted by Gasteiger charge is 2.23. The van der Waals surface area contributed by atoms with Gasteiger partial charge in [-0.15, -0.1) is 0 Å². The van der Waals surface area contributed by atoms with E-state index in [-0.39, 0.29) is 17.9 Å². The zero-order valence-electron chi connectivity index (χ0n) is 18.6. The lowest BCUT2D eigenvalue weighted by Crippen LogP contribution is -2.14. The molecule has 2 aromatic rings. The second-order valence-corrected chi connectivity index (χ2v) is 8.21. The van der Waals surface area contributed by atoms with Crippen LogP contribution >= 0.6 is 0 Å². The van der Waals surface area contributed by atoms with Crippen molar-refractivity contribution < 1.29 is 31.8 Å². The highest BCUT2D eigenvalue weighted by atomic mass is 19.2. The molecule has 7 heteroatoms. The van der Waals surface area contributed by atoms with Crippen molar-refractivity contribution in [2.75, 3.05) is 13.3 Å². The van der Waals surface area contributed by atoms with E-state index in [9.17, 15) is 22.4 Å². The van der Waals surface area contributed by atoms with Gasteiger partial charge in [0.15, 0.2) is 11.5 Å². The summed E-state index contributed by atoms with van der Waals surface area (Å²) in [7, 11) is 0. The summed E-state index contributed by atoms with van der Waals surface area (Å²) in [4.78, 5) is 12.4. The maximum absolute atomic E-state index is 14.2. The summed E-state index contributed by atoms with van der Waals surface area (Å²) in [5.74, 6) is -3.81. The van der Waals surface area contributed by atoms with Crippen molar-refractivity contribution in [1.82, 2.24) is 0 Å². The highest BCUT2D eigenvalue weighted by Crippen LogP contribution is 2.37. The van der Waals surface area contributed by atoms with Gasteiger partial charge in [0, 0.05) is 0 Å². The van der Waals surface area contributed by atoms with Crippen molar-refractivity contribution in [2.24, 2.45) is 5.92 Å². The fraction of sp³-hybridized carbons (Fsp3) is 0.423. The lowest BCUT2D eigenvalue weighted by atomic mass is 9.77. The maximum Gasteiger partial charge on any atom is 0.343 e. The Morgan fingerprint density at radius 1 is 1.00 bits per heavy atom. The van der Waals surface area contributed by atoms with Gasteiger partial charge in [0.25, 0.3) is 0 Å². The third-order valence-corrected chi connectivity index (χ3v) is 6.05. The van der Waals surface area contributed by atoms with Gasteiger partial charge in [-0.2, -0.15) is 8.78 Å². The van der Waals surface area contributed by atoms with E-state index in [4.69, 9.17) is 9.47 Å². The molecule has 3 nitrogen and oxygen atoms in total. The van der Waals surface area contributed by atoms with Gasteiger partial charge in [0.05, 0.1) is 12.2 Å². The second kappa shape index (κ2) is 11.9. The summed E-state index contributed by atoms with van der Waals surface area (Å²) in [6, 6.07) is 9.34. The number of esters is 1. The Bertz CT molecular complexity index is 964. The predicted octanol–water partition coefficient (Wildman–Crippen LogP) is 7.46. The number of carbonyl (C=O) groups excluding carboxylic acids is 1. The van der Waals surface area contributed by atoms with Crippen LogP contribution in [-0.4, -0.2) is 19.3 Å². The molecule has 0 heterocycles. The van der Waals surface area contributed by atoms with E-state index in [1.54, 1.807) is 19.1 Å². The van der Waals surface area contributed by atoms with Crippen molar-refractivity contribution >= 4 is 5.97 Å². The molecule has 0 bridgehead atoms. The minimum absolute atomic E-state index is 0.182. The number of halogens is 4. The SMILES string of the molecule is CCOc1ccc(OC(=O)c2ccc(C3CCC(CC/C=C(\F)CF)CC3)cc2)c(F)c1F. The molecule has 1 aliphatic rings. The summed E-state index contributed by atoms with van der Waals surface area (Å²) in [6.07, 6.45) is 6.75. The van der Waals surface area contributed by atoms with Gasteiger partial charge >= 0.3 is 5.97 Å². The number of allylic oxidation sites excluding steroid dienone is 2. The molecule has 0 aromatic heterocycles. The Morgan fingerprint density at radius 3 is 2.27 bits per heavy atom. The van der Waals surface area contributed by atoms with E-state index in [1.165, 1.54) is 12.1 Å². The molecule has 1 saturated carbocycles. The van der Waals surface area contributed by atoms with Crippen LogP contribution in [0.25, 0.3) is 0 Å². The molecule has 0 atom stereocenters. The highest BCUT2D eigenvalue weighted by molar-refractivity contribution is 5.91. The van der Waals surface area contributed by atoms with Crippen LogP contribution in [0.15, 0.2) is 48.3 Å². The van der Waals surface area contributed by atoms with Crippen LogP contribution in [0.2, 0.25) is 0 Å². The van der Waals surface area contributed by atoms with Crippen molar-refractivity contribution in [3.05, 3.63) is 71.1 Å². The van der Waals surface area contributed by atoms with Gasteiger partial charge in [-0.3, -0.25) is 0 Å². The summed E-state index contributed by atoms with van der Waals surface area (Å²) in [6.45, 7) is 0.793. The van der Waals surface area contributed by atoms with Gasteiger partial charge < -0.3 is 9.47 Å². The van der Waals surface area contributed by atoms with Gasteiger partial charge in [-0.25, -0.2) is 13.6 Å². The first-order valence-corrected chi connectivity index (χ1v) is 11.3. The van der Waals surface area contributed by atoms with Crippen molar-refractivity contribution in [2.45, 2.75) is 51.4 Å². The van der Waals surface area contributed by atoms with Crippen LogP contribution < -0.4 is 9.47 Å². The first-order valence-electron chi connectivity index (χ1n) is 11.3. The summed E-state index contributed by atoms with van der Waals surface area (Å²) in [5, 5.41) is 0. The van der Waals surface area contributed by atoms with Crippen LogP contribution in [-0.2, 0) is 0 Å². The van der Waals surface area contributed by atoms with Crippen molar-refractivity contribution in [1.29, 1.82) is 0 Å². The average Bonchev–Trinajstić information content (AvgIpc) is 2.84. The number of hydrogen-bond acceptors (Lipinski definition) is 3. The Kier molecular flexibility index (Phi) is 8.92. The lowest BCUT2D eigenvalue weighted by molar-refractivity contribution is 0.0726. The number of hydrogen-bond donors (Lipinski definition) is 0. The third kappa shape index (κ3) is 6.59. The zero-order chi connectivity index (χ0) is 23.8. The fourth-order valence-electron chi connectivity index (χ4n) is 4.22. The van der Waals surface area contributed by atoms with Crippen LogP contribution in [0.5, 0.6) is 11.5 Å². The van der Waals surface area contributed by atoms with Crippen LogP contribution in [0.3, 0.4) is 0 Å². The molecule has 3 rings (SSSR count). The fourth-order valence-corrected chi connectivity index (χ4v) is 4.22. The number of rotatable bonds is 9. The Labute approximate surface area is 191 Å². The number of carbonyl (C=O) groups is 1. The van der Waals surface area contributed by atoms with Crippen LogP contribution in [0.1, 0.15) is 67.3 Å². The third-order valence-electron chi connectivity index (χ3n) is 6.05. The maximum atomic E-state index is 14.2. The van der Waals surface area contributed by atoms with Crippen LogP contribution in [0.4, 0.5) is 17.6 Å². The second-order valence-electron chi connectivity index (χ2n) is 8.21. The molecule has 0 aliphatic heterocycles. The average molecular weight is 464 g/mol. The quantitative estimate of drug-likeness (QED) is 0.220.